The second-order valence-electron chi connectivity index (χ2n) is 7.52. The van der Waals surface area contributed by atoms with E-state index in [2.05, 4.69) is 5.32 Å². The van der Waals surface area contributed by atoms with Crippen molar-refractivity contribution < 1.29 is 19.1 Å². The van der Waals surface area contributed by atoms with Crippen molar-refractivity contribution in [3.05, 3.63) is 108 Å². The van der Waals surface area contributed by atoms with Gasteiger partial charge in [-0.25, -0.2) is 4.79 Å². The molecule has 4 rings (SSSR count). The molecular formula is C28H23NO4. The van der Waals surface area contributed by atoms with Gasteiger partial charge in [-0.15, -0.1) is 0 Å². The molecule has 1 N–H and O–H groups in total. The summed E-state index contributed by atoms with van der Waals surface area (Å²) in [5, 5.41) is 4.60. The normalized spacial score (nSPS) is 10.8. The third-order valence-corrected chi connectivity index (χ3v) is 5.12. The summed E-state index contributed by atoms with van der Waals surface area (Å²) in [6, 6.07) is 26.0. The van der Waals surface area contributed by atoms with Gasteiger partial charge in [-0.2, -0.15) is 0 Å². The van der Waals surface area contributed by atoms with Crippen LogP contribution in [0.5, 0.6) is 11.5 Å². The van der Waals surface area contributed by atoms with Gasteiger partial charge in [0.25, 0.3) is 5.91 Å². The maximum Gasteiger partial charge on any atom is 0.336 e. The molecule has 0 aliphatic rings. The first kappa shape index (κ1) is 21.8. The van der Waals surface area contributed by atoms with Crippen molar-refractivity contribution >= 4 is 34.4 Å². The van der Waals surface area contributed by atoms with Gasteiger partial charge in [0.15, 0.2) is 0 Å². The number of ether oxygens (including phenoxy) is 2. The highest BCUT2D eigenvalue weighted by Gasteiger charge is 2.18. The van der Waals surface area contributed by atoms with Gasteiger partial charge in [0.05, 0.1) is 18.4 Å². The molecule has 0 atom stereocenters. The maximum atomic E-state index is 13.2. The van der Waals surface area contributed by atoms with Crippen LogP contribution in [0, 0.1) is 6.92 Å². The lowest BCUT2D eigenvalue weighted by Gasteiger charge is -2.14. The van der Waals surface area contributed by atoms with Crippen molar-refractivity contribution in [1.82, 2.24) is 0 Å². The van der Waals surface area contributed by atoms with Crippen LogP contribution in [0.4, 0.5) is 5.69 Å². The Morgan fingerprint density at radius 1 is 0.818 bits per heavy atom. The summed E-state index contributed by atoms with van der Waals surface area (Å²) in [5.74, 6) is -0.254. The van der Waals surface area contributed by atoms with E-state index in [-0.39, 0.29) is 11.3 Å². The van der Waals surface area contributed by atoms with E-state index in [9.17, 15) is 9.59 Å². The second-order valence-corrected chi connectivity index (χ2v) is 7.52. The molecule has 164 valence electrons. The number of benzene rings is 4. The van der Waals surface area contributed by atoms with Crippen LogP contribution in [0.2, 0.25) is 0 Å². The number of carbonyl (C=O) groups is 2. The topological polar surface area (TPSA) is 64.6 Å². The summed E-state index contributed by atoms with van der Waals surface area (Å²) in [6.45, 7) is 1.93. The zero-order valence-corrected chi connectivity index (χ0v) is 18.4. The number of nitrogens with one attached hydrogen (secondary N) is 1. The van der Waals surface area contributed by atoms with Gasteiger partial charge < -0.3 is 14.8 Å². The van der Waals surface area contributed by atoms with Crippen LogP contribution in [-0.2, 0) is 4.79 Å². The van der Waals surface area contributed by atoms with Gasteiger partial charge >= 0.3 is 5.97 Å². The van der Waals surface area contributed by atoms with Gasteiger partial charge in [-0.1, -0.05) is 60.7 Å². The van der Waals surface area contributed by atoms with Crippen molar-refractivity contribution in [2.45, 2.75) is 6.92 Å². The highest BCUT2D eigenvalue weighted by atomic mass is 16.5. The Bertz CT molecular complexity index is 1340. The van der Waals surface area contributed by atoms with E-state index in [1.165, 1.54) is 6.08 Å². The number of anilines is 1. The third kappa shape index (κ3) is 5.28. The average molecular weight is 437 g/mol. The molecule has 4 aromatic rings. The minimum atomic E-state index is -0.573. The Morgan fingerprint density at radius 2 is 1.52 bits per heavy atom. The first-order chi connectivity index (χ1) is 16.0. The number of esters is 1. The minimum absolute atomic E-state index is 0.181. The molecule has 0 radical (unpaired) electrons. The minimum Gasteiger partial charge on any atom is -0.495 e. The smallest absolute Gasteiger partial charge is 0.336 e. The van der Waals surface area contributed by atoms with Crippen molar-refractivity contribution in [3.8, 4) is 11.5 Å². The fourth-order valence-corrected chi connectivity index (χ4v) is 3.46. The van der Waals surface area contributed by atoms with E-state index in [4.69, 9.17) is 9.47 Å². The molecule has 0 aromatic heterocycles. The van der Waals surface area contributed by atoms with Gasteiger partial charge in [-0.05, 0) is 59.2 Å². The van der Waals surface area contributed by atoms with E-state index < -0.39 is 11.9 Å². The van der Waals surface area contributed by atoms with E-state index in [1.807, 2.05) is 73.7 Å². The van der Waals surface area contributed by atoms with Crippen LogP contribution in [-0.4, -0.2) is 19.0 Å². The molecule has 5 nitrogen and oxygen atoms in total. The molecule has 0 spiro atoms. The van der Waals surface area contributed by atoms with Crippen molar-refractivity contribution in [3.63, 3.8) is 0 Å². The summed E-state index contributed by atoms with van der Waals surface area (Å²) in [7, 11) is 1.54. The summed E-state index contributed by atoms with van der Waals surface area (Å²) >= 11 is 0. The lowest BCUT2D eigenvalue weighted by atomic mass is 10.0. The molecule has 4 aromatic carbocycles. The van der Waals surface area contributed by atoms with Crippen LogP contribution in [0.1, 0.15) is 21.5 Å². The molecule has 0 bridgehead atoms. The van der Waals surface area contributed by atoms with Gasteiger partial charge in [-0.3, -0.25) is 4.79 Å². The fraction of sp³-hybridized carbons (Fsp3) is 0.0714. The maximum absolute atomic E-state index is 13.2. The van der Waals surface area contributed by atoms with Crippen molar-refractivity contribution in [1.29, 1.82) is 0 Å². The molecule has 5 heteroatoms. The first-order valence-electron chi connectivity index (χ1n) is 10.5. The zero-order valence-electron chi connectivity index (χ0n) is 18.4. The van der Waals surface area contributed by atoms with E-state index in [1.54, 1.807) is 31.4 Å². The Hall–Kier alpha value is -4.38. The van der Waals surface area contributed by atoms with Gasteiger partial charge in [0, 0.05) is 6.08 Å². The standard InChI is InChI=1S/C28H23NO4/c1-19-12-14-25(32-2)24(16-19)29-28(31)23-17-21-10-6-7-11-22(21)18-26(23)33-27(30)15-13-20-8-4-3-5-9-20/h3-18H,1-2H3,(H,29,31)/b15-13+. The number of amides is 1. The third-order valence-electron chi connectivity index (χ3n) is 5.12. The molecule has 0 heterocycles. The second kappa shape index (κ2) is 9.83. The van der Waals surface area contributed by atoms with Crippen molar-refractivity contribution in [2.24, 2.45) is 0 Å². The van der Waals surface area contributed by atoms with Crippen LogP contribution in [0.3, 0.4) is 0 Å². The fourth-order valence-electron chi connectivity index (χ4n) is 3.46. The molecule has 33 heavy (non-hydrogen) atoms. The Kier molecular flexibility index (Phi) is 6.51. The Morgan fingerprint density at radius 3 is 2.24 bits per heavy atom. The van der Waals surface area contributed by atoms with E-state index in [0.29, 0.717) is 11.4 Å². The van der Waals surface area contributed by atoms with Crippen LogP contribution >= 0.6 is 0 Å². The number of hydrogen-bond acceptors (Lipinski definition) is 4. The number of aryl methyl sites for hydroxylation is 1. The first-order valence-corrected chi connectivity index (χ1v) is 10.5. The molecule has 0 aliphatic carbocycles. The summed E-state index contributed by atoms with van der Waals surface area (Å²) in [5.41, 5.74) is 2.63. The molecular weight excluding hydrogens is 414 g/mol. The number of methoxy groups -OCH3 is 1. The van der Waals surface area contributed by atoms with Crippen LogP contribution in [0.25, 0.3) is 16.8 Å². The predicted molar refractivity (Wildman–Crippen MR) is 131 cm³/mol. The number of hydrogen-bond donors (Lipinski definition) is 1. The van der Waals surface area contributed by atoms with Crippen LogP contribution < -0.4 is 14.8 Å². The Labute approximate surface area is 192 Å². The number of rotatable bonds is 6. The SMILES string of the molecule is COc1ccc(C)cc1NC(=O)c1cc2ccccc2cc1OC(=O)/C=C/c1ccccc1. The number of carbonyl (C=O) groups excluding carboxylic acids is 2. The van der Waals surface area contributed by atoms with Gasteiger partial charge in [0.1, 0.15) is 11.5 Å². The van der Waals surface area contributed by atoms with Gasteiger partial charge in [0.2, 0.25) is 0 Å². The molecule has 0 saturated carbocycles. The monoisotopic (exact) mass is 437 g/mol. The quantitative estimate of drug-likeness (QED) is 0.227. The molecule has 0 saturated heterocycles. The van der Waals surface area contributed by atoms with E-state index >= 15 is 0 Å². The highest BCUT2D eigenvalue weighted by Crippen LogP contribution is 2.30. The molecule has 0 fully saturated rings. The predicted octanol–water partition coefficient (Wildman–Crippen LogP) is 6.03. The average Bonchev–Trinajstić information content (AvgIpc) is 2.83. The lowest BCUT2D eigenvalue weighted by Crippen LogP contribution is -2.16. The summed E-state index contributed by atoms with van der Waals surface area (Å²) < 4.78 is 11.0. The van der Waals surface area contributed by atoms with Crippen LogP contribution in [0.15, 0.2) is 91.0 Å². The molecule has 0 aliphatic heterocycles. The largest absolute Gasteiger partial charge is 0.495 e. The number of fused-ring (bicyclic) bond motifs is 1. The van der Waals surface area contributed by atoms with E-state index in [0.717, 1.165) is 21.9 Å². The summed E-state index contributed by atoms with van der Waals surface area (Å²) in [4.78, 5) is 25.8. The molecule has 1 amide bonds. The Balaban J connectivity index is 1.66. The zero-order chi connectivity index (χ0) is 23.2. The lowest BCUT2D eigenvalue weighted by molar-refractivity contribution is -0.128. The van der Waals surface area contributed by atoms with Crippen molar-refractivity contribution in [2.75, 3.05) is 12.4 Å². The highest BCUT2D eigenvalue weighted by molar-refractivity contribution is 6.10. The molecule has 0 unspecified atom stereocenters. The summed E-state index contributed by atoms with van der Waals surface area (Å²) in [6.07, 6.45) is 3.01.